The van der Waals surface area contributed by atoms with Crippen LogP contribution >= 0.6 is 15.9 Å². The zero-order valence-corrected chi connectivity index (χ0v) is 18.9. The maximum absolute atomic E-state index is 12.9. The summed E-state index contributed by atoms with van der Waals surface area (Å²) in [6.07, 6.45) is 1.88. The van der Waals surface area contributed by atoms with Gasteiger partial charge in [0.05, 0.1) is 0 Å². The summed E-state index contributed by atoms with van der Waals surface area (Å²) in [5.74, 6) is -0.526. The molecule has 6 heteroatoms. The Labute approximate surface area is 189 Å². The van der Waals surface area contributed by atoms with E-state index in [0.29, 0.717) is 5.56 Å². The molecule has 2 atom stereocenters. The number of aryl methyl sites for hydroxylation is 2. The topological polar surface area (TPSA) is 61.2 Å². The van der Waals surface area contributed by atoms with Crippen molar-refractivity contribution in [3.05, 3.63) is 105 Å². The number of hydrazone groups is 1. The number of halogens is 1. The van der Waals surface area contributed by atoms with E-state index < -0.39 is 6.04 Å². The Kier molecular flexibility index (Phi) is 6.00. The van der Waals surface area contributed by atoms with Gasteiger partial charge in [-0.1, -0.05) is 63.5 Å². The number of carbonyl (C=O) groups is 2. The highest BCUT2D eigenvalue weighted by Gasteiger charge is 2.47. The molecule has 156 valence electrons. The molecule has 0 aliphatic carbocycles. The molecule has 0 aromatic heterocycles. The van der Waals surface area contributed by atoms with Crippen LogP contribution in [0.3, 0.4) is 0 Å². The molecule has 0 bridgehead atoms. The van der Waals surface area contributed by atoms with Gasteiger partial charge in [0.25, 0.3) is 5.91 Å². The van der Waals surface area contributed by atoms with Crippen LogP contribution in [0.25, 0.3) is 0 Å². The largest absolute Gasteiger partial charge is 0.334 e. The summed E-state index contributed by atoms with van der Waals surface area (Å²) in [5.41, 5.74) is 7.51. The van der Waals surface area contributed by atoms with Gasteiger partial charge >= 0.3 is 5.91 Å². The van der Waals surface area contributed by atoms with Crippen molar-refractivity contribution < 1.29 is 14.3 Å². The number of nitrogens with zero attached hydrogens (tertiary/aromatic N) is 1. The molecule has 1 fully saturated rings. The number of hydrogen-bond acceptors (Lipinski definition) is 2. The lowest BCUT2D eigenvalue weighted by Crippen LogP contribution is -2.42. The number of hydrogen-bond donors (Lipinski definition) is 2. The highest BCUT2D eigenvalue weighted by atomic mass is 79.9. The number of rotatable bonds is 4. The van der Waals surface area contributed by atoms with E-state index in [1.807, 2.05) is 80.7 Å². The minimum Gasteiger partial charge on any atom is -0.334 e. The first-order valence-electron chi connectivity index (χ1n) is 10.0. The Hall–Kier alpha value is -3.25. The molecule has 2 N–H and O–H groups in total. The summed E-state index contributed by atoms with van der Waals surface area (Å²) in [4.78, 5) is 25.8. The quantitative estimate of drug-likeness (QED) is 0.557. The molecule has 1 heterocycles. The van der Waals surface area contributed by atoms with Crippen molar-refractivity contribution in [2.24, 2.45) is 0 Å². The SMILES string of the molecule is Cc1ccc(C(=O)N[C@@H]2C(=O)N/[N+](=C\c3ccc(Br)cc3)[C@@H]2c2ccc(C)cc2)cc1. The average Bonchev–Trinajstić information content (AvgIpc) is 3.05. The zero-order chi connectivity index (χ0) is 22.0. The molecule has 0 radical (unpaired) electrons. The van der Waals surface area contributed by atoms with Crippen LogP contribution < -0.4 is 10.7 Å². The Morgan fingerprint density at radius 1 is 0.935 bits per heavy atom. The van der Waals surface area contributed by atoms with E-state index in [-0.39, 0.29) is 17.9 Å². The van der Waals surface area contributed by atoms with Crippen LogP contribution in [0.2, 0.25) is 0 Å². The number of amides is 2. The maximum atomic E-state index is 12.9. The Morgan fingerprint density at radius 2 is 1.52 bits per heavy atom. The second kappa shape index (κ2) is 8.86. The van der Waals surface area contributed by atoms with Gasteiger partial charge in [-0.15, -0.1) is 10.1 Å². The van der Waals surface area contributed by atoms with Crippen LogP contribution in [0.1, 0.15) is 38.7 Å². The van der Waals surface area contributed by atoms with E-state index in [1.54, 1.807) is 16.8 Å². The second-order valence-corrected chi connectivity index (χ2v) is 8.65. The predicted octanol–water partition coefficient (Wildman–Crippen LogP) is 4.08. The van der Waals surface area contributed by atoms with E-state index in [0.717, 1.165) is 26.7 Å². The minimum absolute atomic E-state index is 0.251. The maximum Gasteiger partial charge on any atom is 0.304 e. The fourth-order valence-corrected chi connectivity index (χ4v) is 3.85. The standard InChI is InChI=1S/C25H22BrN3O2/c1-16-3-9-19(10-4-16)23-22(27-24(30)20-11-5-17(2)6-12-20)25(31)28-29(23)15-18-7-13-21(26)14-8-18/h3-15,22-23H,1-2H3,(H-,27,28,30,31)/p+1/b29-15-/t22-,23+/m0/s1. The number of carbonyl (C=O) groups excluding carboxylic acids is 2. The Balaban J connectivity index is 1.69. The van der Waals surface area contributed by atoms with E-state index in [4.69, 9.17) is 0 Å². The molecule has 3 aromatic carbocycles. The summed E-state index contributed by atoms with van der Waals surface area (Å²) in [6, 6.07) is 22.0. The highest BCUT2D eigenvalue weighted by molar-refractivity contribution is 9.10. The first kappa shape index (κ1) is 21.0. The fraction of sp³-hybridized carbons (Fsp3) is 0.160. The van der Waals surface area contributed by atoms with Gasteiger partial charge in [-0.25, -0.2) is 0 Å². The van der Waals surface area contributed by atoms with Crippen molar-refractivity contribution in [1.82, 2.24) is 10.7 Å². The molecule has 5 nitrogen and oxygen atoms in total. The van der Waals surface area contributed by atoms with Crippen molar-refractivity contribution in [3.63, 3.8) is 0 Å². The smallest absolute Gasteiger partial charge is 0.304 e. The molecule has 3 aromatic rings. The van der Waals surface area contributed by atoms with Gasteiger partial charge in [0.1, 0.15) is 0 Å². The summed E-state index contributed by atoms with van der Waals surface area (Å²) in [7, 11) is 0. The molecule has 1 aliphatic heterocycles. The van der Waals surface area contributed by atoms with Crippen LogP contribution in [0.15, 0.2) is 77.3 Å². The summed E-state index contributed by atoms with van der Waals surface area (Å²) < 4.78 is 2.75. The van der Waals surface area contributed by atoms with Gasteiger partial charge in [-0.3, -0.25) is 9.59 Å². The van der Waals surface area contributed by atoms with Crippen LogP contribution in [0.4, 0.5) is 0 Å². The van der Waals surface area contributed by atoms with Gasteiger partial charge in [0.2, 0.25) is 12.3 Å². The first-order chi connectivity index (χ1) is 14.9. The second-order valence-electron chi connectivity index (χ2n) is 7.74. The lowest BCUT2D eigenvalue weighted by Gasteiger charge is -2.15. The van der Waals surface area contributed by atoms with E-state index in [2.05, 4.69) is 26.7 Å². The van der Waals surface area contributed by atoms with Crippen LogP contribution in [-0.2, 0) is 4.79 Å². The number of hydrazine groups is 1. The van der Waals surface area contributed by atoms with Gasteiger partial charge < -0.3 is 5.32 Å². The number of benzene rings is 3. The lowest BCUT2D eigenvalue weighted by atomic mass is 9.98. The van der Waals surface area contributed by atoms with E-state index in [1.165, 1.54) is 0 Å². The molecule has 0 spiro atoms. The van der Waals surface area contributed by atoms with Gasteiger partial charge in [-0.05, 0) is 50.2 Å². The zero-order valence-electron chi connectivity index (χ0n) is 17.3. The Bertz CT molecular complexity index is 1140. The molecule has 4 rings (SSSR count). The molecule has 31 heavy (non-hydrogen) atoms. The molecule has 0 unspecified atom stereocenters. The highest BCUT2D eigenvalue weighted by Crippen LogP contribution is 2.26. The summed E-state index contributed by atoms with van der Waals surface area (Å²) in [5, 5.41) is 2.93. The van der Waals surface area contributed by atoms with Crippen LogP contribution in [-0.4, -0.2) is 28.8 Å². The van der Waals surface area contributed by atoms with Gasteiger partial charge in [0.15, 0.2) is 6.04 Å². The summed E-state index contributed by atoms with van der Waals surface area (Å²) >= 11 is 3.44. The van der Waals surface area contributed by atoms with Crippen LogP contribution in [0.5, 0.6) is 0 Å². The number of nitrogens with one attached hydrogen (secondary N) is 2. The molecule has 1 aliphatic rings. The minimum atomic E-state index is -0.733. The Morgan fingerprint density at radius 3 is 2.13 bits per heavy atom. The van der Waals surface area contributed by atoms with Crippen molar-refractivity contribution in [2.45, 2.75) is 25.9 Å². The fourth-order valence-electron chi connectivity index (χ4n) is 3.58. The third kappa shape index (κ3) is 4.75. The van der Waals surface area contributed by atoms with E-state index >= 15 is 0 Å². The third-order valence-electron chi connectivity index (χ3n) is 5.31. The normalized spacial score (nSPS) is 19.3. The van der Waals surface area contributed by atoms with Crippen molar-refractivity contribution >= 4 is 34.0 Å². The van der Waals surface area contributed by atoms with Crippen molar-refractivity contribution in [3.8, 4) is 0 Å². The third-order valence-corrected chi connectivity index (χ3v) is 5.84. The van der Waals surface area contributed by atoms with Crippen molar-refractivity contribution in [2.75, 3.05) is 0 Å². The summed E-state index contributed by atoms with van der Waals surface area (Å²) in [6.45, 7) is 3.99. The predicted molar refractivity (Wildman–Crippen MR) is 124 cm³/mol. The van der Waals surface area contributed by atoms with Gasteiger partial charge in [-0.2, -0.15) is 0 Å². The average molecular weight is 477 g/mol. The van der Waals surface area contributed by atoms with Crippen LogP contribution in [0, 0.1) is 13.8 Å². The van der Waals surface area contributed by atoms with Gasteiger partial charge in [0, 0.05) is 21.2 Å². The molecule has 1 saturated heterocycles. The molecular weight excluding hydrogens is 454 g/mol. The van der Waals surface area contributed by atoms with E-state index in [9.17, 15) is 9.59 Å². The first-order valence-corrected chi connectivity index (χ1v) is 10.8. The van der Waals surface area contributed by atoms with Crippen molar-refractivity contribution in [1.29, 1.82) is 0 Å². The molecular formula is C25H23BrN3O2+. The molecule has 2 amide bonds. The monoisotopic (exact) mass is 476 g/mol. The molecule has 0 saturated carbocycles. The lowest BCUT2D eigenvalue weighted by molar-refractivity contribution is -0.596.